The van der Waals surface area contributed by atoms with Gasteiger partial charge in [0.2, 0.25) is 0 Å². The summed E-state index contributed by atoms with van der Waals surface area (Å²) in [6.45, 7) is 2.00. The lowest BCUT2D eigenvalue weighted by molar-refractivity contribution is 0.0968. The molecule has 1 aliphatic heterocycles. The van der Waals surface area contributed by atoms with Gasteiger partial charge < -0.3 is 4.74 Å². The van der Waals surface area contributed by atoms with Gasteiger partial charge >= 0.3 is 0 Å². The Bertz CT molecular complexity index is 34.8. The first-order valence-electron chi connectivity index (χ1n) is 3.11. The van der Waals surface area contributed by atoms with E-state index in [1.54, 1.807) is 0 Å². The van der Waals surface area contributed by atoms with E-state index in [1.165, 1.54) is 19.3 Å². The molecule has 1 heterocycles. The molecule has 0 saturated carbocycles. The highest BCUT2D eigenvalue weighted by molar-refractivity contribution is 6.40. The Morgan fingerprint density at radius 2 is 1.44 bits per heavy atom. The van der Waals surface area contributed by atoms with Crippen LogP contribution in [0.2, 0.25) is 0 Å². The van der Waals surface area contributed by atoms with E-state index < -0.39 is 0 Å². The van der Waals surface area contributed by atoms with Crippen LogP contribution in [0.25, 0.3) is 0 Å². The van der Waals surface area contributed by atoms with Gasteiger partial charge in [0.1, 0.15) is 0 Å². The van der Waals surface area contributed by atoms with Gasteiger partial charge in [0.05, 0.1) is 5.34 Å². The number of hydrogen-bond donors (Lipinski definition) is 0. The molecule has 0 radical (unpaired) electrons. The van der Waals surface area contributed by atoms with Crippen molar-refractivity contribution in [1.29, 1.82) is 0 Å². The largest absolute Gasteiger partial charge is 0.381 e. The van der Waals surface area contributed by atoms with E-state index in [4.69, 9.17) is 27.9 Å². The molecule has 0 amide bonds. The fourth-order valence-corrected chi connectivity index (χ4v) is 0.687. The van der Waals surface area contributed by atoms with Crippen molar-refractivity contribution in [1.82, 2.24) is 0 Å². The first kappa shape index (κ1) is 9.54. The molecule has 0 N–H and O–H groups in total. The highest BCUT2D eigenvalue weighted by atomic mass is 35.5. The third-order valence-electron chi connectivity index (χ3n) is 1.08. The highest BCUT2D eigenvalue weighted by Crippen LogP contribution is 2.02. The number of hydrogen-bond acceptors (Lipinski definition) is 1. The van der Waals surface area contributed by atoms with Crippen LogP contribution in [0.5, 0.6) is 0 Å². The molecule has 1 rings (SSSR count). The van der Waals surface area contributed by atoms with Crippen molar-refractivity contribution >= 4 is 23.2 Å². The summed E-state index contributed by atoms with van der Waals surface area (Å²) < 4.78 is 5.07. The van der Waals surface area contributed by atoms with E-state index in [2.05, 4.69) is 0 Å². The summed E-state index contributed by atoms with van der Waals surface area (Å²) in [5.41, 5.74) is 0. The minimum Gasteiger partial charge on any atom is -0.381 e. The standard InChI is InChI=1S/C5H10O.CH2Cl2/c1-2-4-6-5-3-1;2-1-3/h1-5H2;1H2. The van der Waals surface area contributed by atoms with E-state index >= 15 is 0 Å². The third kappa shape index (κ3) is 8.54. The minimum atomic E-state index is 0.194. The summed E-state index contributed by atoms with van der Waals surface area (Å²) >= 11 is 9.53. The minimum absolute atomic E-state index is 0.194. The summed E-state index contributed by atoms with van der Waals surface area (Å²) in [4.78, 5) is 0. The summed E-state index contributed by atoms with van der Waals surface area (Å²) in [6.07, 6.45) is 3.93. The van der Waals surface area contributed by atoms with E-state index in [0.717, 1.165) is 13.2 Å². The van der Waals surface area contributed by atoms with Gasteiger partial charge in [-0.2, -0.15) is 0 Å². The van der Waals surface area contributed by atoms with Crippen molar-refractivity contribution < 1.29 is 4.74 Å². The topological polar surface area (TPSA) is 9.23 Å². The second-order valence-corrected chi connectivity index (χ2v) is 2.58. The molecule has 0 bridgehead atoms. The smallest absolute Gasteiger partial charge is 0.0967 e. The van der Waals surface area contributed by atoms with Crippen LogP contribution in [0.4, 0.5) is 0 Å². The average molecular weight is 171 g/mol. The van der Waals surface area contributed by atoms with Crippen molar-refractivity contribution in [2.45, 2.75) is 19.3 Å². The van der Waals surface area contributed by atoms with Gasteiger partial charge in [0.15, 0.2) is 0 Å². The maximum absolute atomic E-state index is 5.07. The van der Waals surface area contributed by atoms with Gasteiger partial charge in [-0.1, -0.05) is 0 Å². The molecule has 0 aromatic carbocycles. The van der Waals surface area contributed by atoms with Crippen LogP contribution in [-0.4, -0.2) is 18.6 Å². The summed E-state index contributed by atoms with van der Waals surface area (Å²) in [5, 5.41) is 0.194. The van der Waals surface area contributed by atoms with Crippen LogP contribution in [0.3, 0.4) is 0 Å². The first-order chi connectivity index (χ1) is 4.41. The monoisotopic (exact) mass is 170 g/mol. The molecular formula is C6H12Cl2O. The fourth-order valence-electron chi connectivity index (χ4n) is 0.687. The maximum atomic E-state index is 5.07. The van der Waals surface area contributed by atoms with Crippen LogP contribution in [0, 0.1) is 0 Å². The predicted molar refractivity (Wildman–Crippen MR) is 41.2 cm³/mol. The Kier molecular flexibility index (Phi) is 9.05. The molecule has 1 aliphatic rings. The van der Waals surface area contributed by atoms with Gasteiger partial charge in [-0.25, -0.2) is 0 Å². The Labute approximate surface area is 66.3 Å². The zero-order valence-corrected chi connectivity index (χ0v) is 6.92. The van der Waals surface area contributed by atoms with Gasteiger partial charge in [-0.05, 0) is 19.3 Å². The van der Waals surface area contributed by atoms with Crippen molar-refractivity contribution in [3.63, 3.8) is 0 Å². The van der Waals surface area contributed by atoms with E-state index in [1.807, 2.05) is 0 Å². The first-order valence-corrected chi connectivity index (χ1v) is 4.18. The number of halogens is 2. The lowest BCUT2D eigenvalue weighted by Gasteiger charge is -2.08. The molecule has 1 saturated heterocycles. The molecule has 9 heavy (non-hydrogen) atoms. The summed E-state index contributed by atoms with van der Waals surface area (Å²) in [7, 11) is 0. The molecule has 0 aromatic heterocycles. The van der Waals surface area contributed by atoms with E-state index in [0.29, 0.717) is 0 Å². The Balaban J connectivity index is 0.000000187. The molecule has 0 atom stereocenters. The Morgan fingerprint density at radius 3 is 1.56 bits per heavy atom. The lowest BCUT2D eigenvalue weighted by atomic mass is 10.2. The van der Waals surface area contributed by atoms with Crippen molar-refractivity contribution in [2.75, 3.05) is 18.6 Å². The quantitative estimate of drug-likeness (QED) is 0.509. The lowest BCUT2D eigenvalue weighted by Crippen LogP contribution is -2.03. The number of ether oxygens (including phenoxy) is 1. The van der Waals surface area contributed by atoms with Gasteiger partial charge in [-0.15, -0.1) is 23.2 Å². The van der Waals surface area contributed by atoms with Gasteiger partial charge in [0.25, 0.3) is 0 Å². The zero-order valence-electron chi connectivity index (χ0n) is 5.41. The normalized spacial score (nSPS) is 18.0. The van der Waals surface area contributed by atoms with Crippen LogP contribution in [0.1, 0.15) is 19.3 Å². The summed E-state index contributed by atoms with van der Waals surface area (Å²) in [6, 6.07) is 0. The van der Waals surface area contributed by atoms with Crippen molar-refractivity contribution in [3.8, 4) is 0 Å². The van der Waals surface area contributed by atoms with Gasteiger partial charge in [-0.3, -0.25) is 0 Å². The van der Waals surface area contributed by atoms with Crippen LogP contribution < -0.4 is 0 Å². The summed E-state index contributed by atoms with van der Waals surface area (Å²) in [5.74, 6) is 0. The molecule has 3 heteroatoms. The van der Waals surface area contributed by atoms with Gasteiger partial charge in [0, 0.05) is 13.2 Å². The van der Waals surface area contributed by atoms with Crippen molar-refractivity contribution in [3.05, 3.63) is 0 Å². The maximum Gasteiger partial charge on any atom is 0.0967 e. The molecular weight excluding hydrogens is 159 g/mol. The van der Waals surface area contributed by atoms with Crippen molar-refractivity contribution in [2.24, 2.45) is 0 Å². The average Bonchev–Trinajstić information content (AvgIpc) is 1.93. The molecule has 0 aliphatic carbocycles. The Hall–Kier alpha value is 0.540. The fraction of sp³-hybridized carbons (Fsp3) is 1.00. The zero-order chi connectivity index (χ0) is 6.95. The molecule has 0 aromatic rings. The second-order valence-electron chi connectivity index (χ2n) is 1.77. The molecule has 1 nitrogen and oxygen atoms in total. The number of rotatable bonds is 0. The predicted octanol–water partition coefficient (Wildman–Crippen LogP) is 2.61. The third-order valence-corrected chi connectivity index (χ3v) is 1.08. The molecule has 56 valence electrons. The SMILES string of the molecule is C1CCOCC1.ClCCl. The Morgan fingerprint density at radius 1 is 1.00 bits per heavy atom. The van der Waals surface area contributed by atoms with Crippen LogP contribution in [0.15, 0.2) is 0 Å². The highest BCUT2D eigenvalue weighted by Gasteiger charge is 1.94. The van der Waals surface area contributed by atoms with E-state index in [-0.39, 0.29) is 5.34 Å². The second kappa shape index (κ2) is 8.54. The molecule has 0 spiro atoms. The number of alkyl halides is 2. The van der Waals surface area contributed by atoms with Crippen LogP contribution in [-0.2, 0) is 4.74 Å². The van der Waals surface area contributed by atoms with Crippen LogP contribution >= 0.6 is 23.2 Å². The molecule has 0 unspecified atom stereocenters. The molecule has 1 fully saturated rings. The van der Waals surface area contributed by atoms with E-state index in [9.17, 15) is 0 Å².